The van der Waals surface area contributed by atoms with Gasteiger partial charge in [-0.25, -0.2) is 4.98 Å². The Labute approximate surface area is 223 Å². The molecule has 2 amide bonds. The summed E-state index contributed by atoms with van der Waals surface area (Å²) in [5, 5.41) is 2.97. The number of nitrogens with one attached hydrogen (secondary N) is 2. The number of nitrogens with zero attached hydrogens (tertiary/aromatic N) is 2. The Balaban J connectivity index is 1.49. The molecule has 198 valence electrons. The molecule has 8 nitrogen and oxygen atoms in total. The van der Waals surface area contributed by atoms with Gasteiger partial charge in [-0.05, 0) is 49.1 Å². The van der Waals surface area contributed by atoms with E-state index in [0.717, 1.165) is 28.1 Å². The first-order chi connectivity index (χ1) is 18.4. The molecular formula is C30H34N4O4. The summed E-state index contributed by atoms with van der Waals surface area (Å²) in [7, 11) is 1.61. The highest BCUT2D eigenvalue weighted by Gasteiger charge is 2.49. The van der Waals surface area contributed by atoms with Crippen molar-refractivity contribution in [1.29, 1.82) is 0 Å². The summed E-state index contributed by atoms with van der Waals surface area (Å²) < 4.78 is 11.5. The number of H-pyrrole nitrogens is 1. The maximum absolute atomic E-state index is 13.7. The van der Waals surface area contributed by atoms with Gasteiger partial charge in [0.25, 0.3) is 0 Å². The summed E-state index contributed by atoms with van der Waals surface area (Å²) in [5.74, 6) is 6.24. The van der Waals surface area contributed by atoms with Gasteiger partial charge in [0.1, 0.15) is 24.0 Å². The Hall–Kier alpha value is -4.09. The SMILES string of the molecule is CC#CCOC1(c2ccccc2C)CN(C(=O)[C@@H](Cc2ccc(OC)cc2)NC(=O)CCc2c[nH]cn2)C1. The minimum absolute atomic E-state index is 0.136. The van der Waals surface area contributed by atoms with Crippen molar-refractivity contribution in [2.24, 2.45) is 0 Å². The highest BCUT2D eigenvalue weighted by Crippen LogP contribution is 2.38. The van der Waals surface area contributed by atoms with Gasteiger partial charge in [0.05, 0.1) is 32.2 Å². The lowest BCUT2D eigenvalue weighted by Crippen LogP contribution is -2.66. The smallest absolute Gasteiger partial charge is 0.245 e. The number of benzene rings is 2. The fraction of sp³-hybridized carbons (Fsp3) is 0.367. The van der Waals surface area contributed by atoms with Crippen LogP contribution in [0.4, 0.5) is 0 Å². The Morgan fingerprint density at radius 2 is 1.95 bits per heavy atom. The second-order valence-electron chi connectivity index (χ2n) is 9.45. The molecule has 1 aliphatic heterocycles. The Morgan fingerprint density at radius 3 is 2.61 bits per heavy atom. The van der Waals surface area contributed by atoms with Gasteiger partial charge in [0, 0.05) is 19.0 Å². The van der Waals surface area contributed by atoms with Gasteiger partial charge in [-0.2, -0.15) is 0 Å². The van der Waals surface area contributed by atoms with Crippen molar-refractivity contribution in [3.05, 3.63) is 83.4 Å². The van der Waals surface area contributed by atoms with Crippen LogP contribution in [0, 0.1) is 18.8 Å². The quantitative estimate of drug-likeness (QED) is 0.383. The molecule has 0 spiro atoms. The molecule has 4 rings (SSSR count). The van der Waals surface area contributed by atoms with Crippen LogP contribution in [0.5, 0.6) is 5.75 Å². The van der Waals surface area contributed by atoms with Crippen LogP contribution in [0.15, 0.2) is 61.1 Å². The molecule has 1 atom stereocenters. The van der Waals surface area contributed by atoms with Crippen molar-refractivity contribution < 1.29 is 19.1 Å². The molecule has 2 N–H and O–H groups in total. The van der Waals surface area contributed by atoms with Gasteiger partial charge in [0.2, 0.25) is 11.8 Å². The summed E-state index contributed by atoms with van der Waals surface area (Å²) in [4.78, 5) is 35.4. The molecule has 0 unspecified atom stereocenters. The van der Waals surface area contributed by atoms with E-state index >= 15 is 0 Å². The van der Waals surface area contributed by atoms with Crippen molar-refractivity contribution in [2.45, 2.75) is 44.8 Å². The fourth-order valence-corrected chi connectivity index (χ4v) is 4.75. The molecule has 0 saturated carbocycles. The molecule has 3 aromatic rings. The largest absolute Gasteiger partial charge is 0.497 e. The van der Waals surface area contributed by atoms with Gasteiger partial charge in [0.15, 0.2) is 0 Å². The standard InChI is InChI=1S/C30H34N4O4/c1-4-5-16-38-30(26-9-7-6-8-22(26)2)19-34(20-30)29(36)27(17-23-10-13-25(37-3)14-11-23)33-28(35)15-12-24-18-31-21-32-24/h6-11,13-14,18,21,27H,12,15-17,19-20H2,1-3H3,(H,31,32)(H,33,35)/t27-/m1/s1. The normalized spacial score (nSPS) is 14.6. The minimum atomic E-state index is -0.708. The lowest BCUT2D eigenvalue weighted by Gasteiger charge is -2.51. The van der Waals surface area contributed by atoms with Gasteiger partial charge < -0.3 is 24.7 Å². The average Bonchev–Trinajstić information content (AvgIpc) is 3.43. The first kappa shape index (κ1) is 27.0. The van der Waals surface area contributed by atoms with Crippen LogP contribution in [0.2, 0.25) is 0 Å². The number of ether oxygens (including phenoxy) is 2. The van der Waals surface area contributed by atoms with Crippen molar-refractivity contribution in [1.82, 2.24) is 20.2 Å². The number of amides is 2. The van der Waals surface area contributed by atoms with Crippen LogP contribution in [-0.2, 0) is 32.8 Å². The minimum Gasteiger partial charge on any atom is -0.497 e. The van der Waals surface area contributed by atoms with Crippen molar-refractivity contribution >= 4 is 11.8 Å². The zero-order valence-corrected chi connectivity index (χ0v) is 22.1. The molecule has 0 bridgehead atoms. The van der Waals surface area contributed by atoms with Gasteiger partial charge in [-0.1, -0.05) is 42.3 Å². The maximum Gasteiger partial charge on any atom is 0.245 e. The Bertz CT molecular complexity index is 1290. The lowest BCUT2D eigenvalue weighted by atomic mass is 9.82. The number of rotatable bonds is 11. The summed E-state index contributed by atoms with van der Waals surface area (Å²) >= 11 is 0. The van der Waals surface area contributed by atoms with Crippen LogP contribution in [0.3, 0.4) is 0 Å². The van der Waals surface area contributed by atoms with Crippen LogP contribution in [0.25, 0.3) is 0 Å². The highest BCUT2D eigenvalue weighted by atomic mass is 16.5. The molecule has 1 saturated heterocycles. The van der Waals surface area contributed by atoms with Gasteiger partial charge >= 0.3 is 0 Å². The molecule has 1 fully saturated rings. The highest BCUT2D eigenvalue weighted by molar-refractivity contribution is 5.88. The zero-order valence-electron chi connectivity index (χ0n) is 22.1. The van der Waals surface area contributed by atoms with Crippen LogP contribution >= 0.6 is 0 Å². The van der Waals surface area contributed by atoms with Crippen molar-refractivity contribution in [3.8, 4) is 17.6 Å². The van der Waals surface area contributed by atoms with E-state index in [1.807, 2.05) is 55.5 Å². The van der Waals surface area contributed by atoms with E-state index in [-0.39, 0.29) is 24.8 Å². The fourth-order valence-electron chi connectivity index (χ4n) is 4.75. The average molecular weight is 515 g/mol. The van der Waals surface area contributed by atoms with Crippen molar-refractivity contribution in [2.75, 3.05) is 26.8 Å². The van der Waals surface area contributed by atoms with E-state index in [2.05, 4.69) is 27.1 Å². The van der Waals surface area contributed by atoms with Gasteiger partial charge in [-0.15, -0.1) is 5.92 Å². The number of likely N-dealkylation sites (tertiary alicyclic amines) is 1. The number of hydrogen-bond acceptors (Lipinski definition) is 5. The predicted molar refractivity (Wildman–Crippen MR) is 144 cm³/mol. The second kappa shape index (κ2) is 12.4. The Morgan fingerprint density at radius 1 is 1.18 bits per heavy atom. The molecule has 2 aromatic carbocycles. The number of aromatic amines is 1. The predicted octanol–water partition coefficient (Wildman–Crippen LogP) is 3.16. The topological polar surface area (TPSA) is 96.5 Å². The summed E-state index contributed by atoms with van der Waals surface area (Å²) in [6, 6.07) is 14.9. The van der Waals surface area contributed by atoms with Crippen LogP contribution in [0.1, 0.15) is 35.7 Å². The zero-order chi connectivity index (χ0) is 27.0. The number of carbonyl (C=O) groups is 2. The molecule has 2 heterocycles. The number of aryl methyl sites for hydroxylation is 2. The summed E-state index contributed by atoms with van der Waals surface area (Å²) in [5.41, 5.74) is 3.26. The summed E-state index contributed by atoms with van der Waals surface area (Å²) in [6.07, 6.45) is 4.45. The van der Waals surface area contributed by atoms with E-state index in [0.29, 0.717) is 25.9 Å². The summed E-state index contributed by atoms with van der Waals surface area (Å²) in [6.45, 7) is 4.89. The monoisotopic (exact) mass is 514 g/mol. The van der Waals surface area contributed by atoms with E-state index in [1.54, 1.807) is 31.5 Å². The van der Waals surface area contributed by atoms with E-state index in [1.165, 1.54) is 0 Å². The molecule has 0 radical (unpaired) electrons. The maximum atomic E-state index is 13.7. The first-order valence-corrected chi connectivity index (χ1v) is 12.7. The molecule has 1 aliphatic rings. The van der Waals surface area contributed by atoms with Crippen LogP contribution < -0.4 is 10.1 Å². The number of methoxy groups -OCH3 is 1. The van der Waals surface area contributed by atoms with E-state index in [9.17, 15) is 9.59 Å². The van der Waals surface area contributed by atoms with Crippen molar-refractivity contribution in [3.63, 3.8) is 0 Å². The number of hydrogen-bond donors (Lipinski definition) is 2. The Kier molecular flexibility index (Phi) is 8.82. The van der Waals surface area contributed by atoms with E-state index < -0.39 is 11.6 Å². The van der Waals surface area contributed by atoms with Gasteiger partial charge in [-0.3, -0.25) is 9.59 Å². The first-order valence-electron chi connectivity index (χ1n) is 12.7. The lowest BCUT2D eigenvalue weighted by molar-refractivity contribution is -0.171. The third-order valence-corrected chi connectivity index (χ3v) is 6.83. The number of imidazole rings is 1. The van der Waals surface area contributed by atoms with Crippen LogP contribution in [-0.4, -0.2) is 59.5 Å². The van der Waals surface area contributed by atoms with E-state index in [4.69, 9.17) is 9.47 Å². The molecule has 0 aliphatic carbocycles. The molecule has 8 heteroatoms. The molecule has 1 aromatic heterocycles. The number of carbonyl (C=O) groups excluding carboxylic acids is 2. The molecule has 38 heavy (non-hydrogen) atoms. The third-order valence-electron chi connectivity index (χ3n) is 6.83. The second-order valence-corrected chi connectivity index (χ2v) is 9.45. The third kappa shape index (κ3) is 6.42. The molecular weight excluding hydrogens is 480 g/mol. The number of aromatic nitrogens is 2.